The third-order valence-electron chi connectivity index (χ3n) is 3.48. The van der Waals surface area contributed by atoms with Crippen LogP contribution in [0.4, 0.5) is 8.78 Å². The lowest BCUT2D eigenvalue weighted by Gasteiger charge is -2.26. The molecule has 0 saturated heterocycles. The first-order valence-electron chi connectivity index (χ1n) is 6.91. The van der Waals surface area contributed by atoms with E-state index >= 15 is 0 Å². The van der Waals surface area contributed by atoms with Crippen LogP contribution in [-0.4, -0.2) is 13.1 Å². The number of rotatable bonds is 6. The Labute approximate surface area is 115 Å². The first kappa shape index (κ1) is 16.1. The van der Waals surface area contributed by atoms with E-state index in [1.165, 1.54) is 0 Å². The highest BCUT2D eigenvalue weighted by Gasteiger charge is 2.26. The van der Waals surface area contributed by atoms with Crippen molar-refractivity contribution in [2.24, 2.45) is 5.92 Å². The largest absolute Gasteiger partial charge is 0.316 e. The highest BCUT2D eigenvalue weighted by molar-refractivity contribution is 5.30. The summed E-state index contributed by atoms with van der Waals surface area (Å²) in [7, 11) is 0. The summed E-state index contributed by atoms with van der Waals surface area (Å²) in [6.07, 6.45) is 0.777. The zero-order valence-electron chi connectivity index (χ0n) is 12.6. The average molecular weight is 269 g/mol. The Morgan fingerprint density at radius 1 is 1.16 bits per heavy atom. The van der Waals surface area contributed by atoms with Gasteiger partial charge in [0.2, 0.25) is 0 Å². The molecule has 0 atom stereocenters. The van der Waals surface area contributed by atoms with Gasteiger partial charge >= 0.3 is 0 Å². The lowest BCUT2D eigenvalue weighted by atomic mass is 9.80. The molecular formula is C16H25F2N. The fraction of sp³-hybridized carbons (Fsp3) is 0.625. The molecule has 0 aliphatic carbocycles. The minimum Gasteiger partial charge on any atom is -0.316 e. The molecule has 0 saturated carbocycles. The Morgan fingerprint density at radius 3 is 2.37 bits per heavy atom. The van der Waals surface area contributed by atoms with Crippen molar-refractivity contribution in [1.29, 1.82) is 0 Å². The molecule has 108 valence electrons. The summed E-state index contributed by atoms with van der Waals surface area (Å²) in [5, 5.41) is 3.34. The van der Waals surface area contributed by atoms with E-state index < -0.39 is 11.6 Å². The number of benzene rings is 1. The minimum absolute atomic E-state index is 0.356. The molecule has 0 aromatic heterocycles. The highest BCUT2D eigenvalue weighted by atomic mass is 19.2. The normalized spacial score (nSPS) is 12.2. The number of hydrogen-bond acceptors (Lipinski definition) is 1. The van der Waals surface area contributed by atoms with Crippen molar-refractivity contribution in [2.75, 3.05) is 13.1 Å². The number of nitrogens with one attached hydrogen (secondary N) is 1. The second-order valence-electron chi connectivity index (χ2n) is 6.29. The van der Waals surface area contributed by atoms with Gasteiger partial charge in [-0.25, -0.2) is 8.78 Å². The fourth-order valence-corrected chi connectivity index (χ4v) is 2.09. The first-order valence-corrected chi connectivity index (χ1v) is 6.91. The van der Waals surface area contributed by atoms with Crippen LogP contribution in [0.2, 0.25) is 0 Å². The molecule has 1 N–H and O–H groups in total. The molecule has 0 aliphatic heterocycles. The molecule has 1 rings (SSSR count). The number of halogens is 2. The van der Waals surface area contributed by atoms with Crippen LogP contribution < -0.4 is 5.32 Å². The van der Waals surface area contributed by atoms with Crippen LogP contribution in [0.3, 0.4) is 0 Å². The van der Waals surface area contributed by atoms with Gasteiger partial charge in [0.1, 0.15) is 0 Å². The van der Waals surface area contributed by atoms with Gasteiger partial charge in [0.05, 0.1) is 0 Å². The lowest BCUT2D eigenvalue weighted by Crippen LogP contribution is -2.28. The second-order valence-corrected chi connectivity index (χ2v) is 6.29. The zero-order chi connectivity index (χ0) is 14.6. The van der Waals surface area contributed by atoms with Crippen molar-refractivity contribution in [1.82, 2.24) is 5.32 Å². The van der Waals surface area contributed by atoms with Crippen LogP contribution in [0.25, 0.3) is 0 Å². The maximum Gasteiger partial charge on any atom is 0.162 e. The van der Waals surface area contributed by atoms with Gasteiger partial charge in [-0.05, 0) is 48.9 Å². The van der Waals surface area contributed by atoms with Crippen LogP contribution >= 0.6 is 0 Å². The summed E-state index contributed by atoms with van der Waals surface area (Å²) >= 11 is 0. The highest BCUT2D eigenvalue weighted by Crippen LogP contribution is 2.30. The van der Waals surface area contributed by atoms with Gasteiger partial charge in [-0.1, -0.05) is 39.8 Å². The van der Waals surface area contributed by atoms with Gasteiger partial charge in [0.15, 0.2) is 11.6 Å². The van der Waals surface area contributed by atoms with E-state index in [1.807, 2.05) is 13.8 Å². The predicted octanol–water partition coefficient (Wildman–Crippen LogP) is 4.19. The standard InChI is InChI=1S/C16H25F2N/c1-11(2)10-19-9-8-16(4,5)13-7-6-12(3)14(17)15(13)18/h6-7,11,19H,8-10H2,1-5H3. The number of aryl methyl sites for hydroxylation is 1. The van der Waals surface area contributed by atoms with E-state index in [0.717, 1.165) is 19.5 Å². The van der Waals surface area contributed by atoms with Crippen molar-refractivity contribution >= 4 is 0 Å². The van der Waals surface area contributed by atoms with E-state index in [0.29, 0.717) is 17.0 Å². The van der Waals surface area contributed by atoms with Crippen LogP contribution in [0.15, 0.2) is 12.1 Å². The van der Waals surface area contributed by atoms with E-state index in [4.69, 9.17) is 0 Å². The third-order valence-corrected chi connectivity index (χ3v) is 3.48. The molecule has 1 aromatic carbocycles. The molecule has 0 fully saturated rings. The maximum absolute atomic E-state index is 14.0. The Bertz CT molecular complexity index is 425. The molecule has 0 heterocycles. The van der Waals surface area contributed by atoms with Crippen molar-refractivity contribution in [2.45, 2.75) is 46.5 Å². The number of hydrogen-bond donors (Lipinski definition) is 1. The zero-order valence-corrected chi connectivity index (χ0v) is 12.6. The van der Waals surface area contributed by atoms with Crippen LogP contribution in [0, 0.1) is 24.5 Å². The van der Waals surface area contributed by atoms with Crippen LogP contribution in [0.1, 0.15) is 45.2 Å². The first-order chi connectivity index (χ1) is 8.75. The molecule has 1 aromatic rings. The molecule has 0 unspecified atom stereocenters. The summed E-state index contributed by atoms with van der Waals surface area (Å²) in [6, 6.07) is 3.35. The van der Waals surface area contributed by atoms with E-state index in [2.05, 4.69) is 19.2 Å². The van der Waals surface area contributed by atoms with Crippen molar-refractivity contribution in [3.8, 4) is 0 Å². The summed E-state index contributed by atoms with van der Waals surface area (Å²) in [6.45, 7) is 11.5. The Kier molecular flexibility index (Phi) is 5.48. The quantitative estimate of drug-likeness (QED) is 0.764. The van der Waals surface area contributed by atoms with Gasteiger partial charge < -0.3 is 5.32 Å². The summed E-state index contributed by atoms with van der Waals surface area (Å²) in [4.78, 5) is 0. The molecule has 0 spiro atoms. The van der Waals surface area contributed by atoms with Crippen LogP contribution in [-0.2, 0) is 5.41 Å². The van der Waals surface area contributed by atoms with Gasteiger partial charge in [0, 0.05) is 0 Å². The van der Waals surface area contributed by atoms with Gasteiger partial charge in [-0.3, -0.25) is 0 Å². The van der Waals surface area contributed by atoms with Gasteiger partial charge in [-0.2, -0.15) is 0 Å². The molecular weight excluding hydrogens is 244 g/mol. The Balaban J connectivity index is 2.74. The molecule has 0 amide bonds. The van der Waals surface area contributed by atoms with Crippen molar-refractivity contribution in [3.05, 3.63) is 34.9 Å². The second kappa shape index (κ2) is 6.47. The molecule has 0 radical (unpaired) electrons. The lowest BCUT2D eigenvalue weighted by molar-refractivity contribution is 0.408. The molecule has 19 heavy (non-hydrogen) atoms. The van der Waals surface area contributed by atoms with Crippen molar-refractivity contribution in [3.63, 3.8) is 0 Å². The minimum atomic E-state index is -0.722. The topological polar surface area (TPSA) is 12.0 Å². The summed E-state index contributed by atoms with van der Waals surface area (Å²) in [5.41, 5.74) is 0.444. The summed E-state index contributed by atoms with van der Waals surface area (Å²) in [5.74, 6) is -0.828. The van der Waals surface area contributed by atoms with E-state index in [1.54, 1.807) is 19.1 Å². The molecule has 0 aliphatic rings. The molecule has 1 nitrogen and oxygen atoms in total. The van der Waals surface area contributed by atoms with Crippen LogP contribution in [0.5, 0.6) is 0 Å². The Morgan fingerprint density at radius 2 is 1.79 bits per heavy atom. The smallest absolute Gasteiger partial charge is 0.162 e. The summed E-state index contributed by atoms with van der Waals surface area (Å²) < 4.78 is 27.6. The third kappa shape index (κ3) is 4.27. The maximum atomic E-state index is 14.0. The molecule has 3 heteroatoms. The van der Waals surface area contributed by atoms with Gasteiger partial charge in [0.25, 0.3) is 0 Å². The van der Waals surface area contributed by atoms with Gasteiger partial charge in [-0.15, -0.1) is 0 Å². The van der Waals surface area contributed by atoms with E-state index in [-0.39, 0.29) is 5.41 Å². The Hall–Kier alpha value is -0.960. The average Bonchev–Trinajstić information content (AvgIpc) is 2.31. The molecule has 0 bridgehead atoms. The fourth-order valence-electron chi connectivity index (χ4n) is 2.09. The monoisotopic (exact) mass is 269 g/mol. The van der Waals surface area contributed by atoms with E-state index in [9.17, 15) is 8.78 Å². The predicted molar refractivity (Wildman–Crippen MR) is 76.4 cm³/mol. The SMILES string of the molecule is Cc1ccc(C(C)(C)CCNCC(C)C)c(F)c1F. The van der Waals surface area contributed by atoms with Crippen molar-refractivity contribution < 1.29 is 8.78 Å².